The van der Waals surface area contributed by atoms with Gasteiger partial charge in [-0.2, -0.15) is 0 Å². The molecule has 1 aliphatic heterocycles. The fraction of sp³-hybridized carbons (Fsp3) is 0.533. The maximum absolute atomic E-state index is 8.98. The van der Waals surface area contributed by atoms with Crippen LogP contribution in [0.1, 0.15) is 18.5 Å². The highest BCUT2D eigenvalue weighted by atomic mass is 16.3. The molecule has 1 saturated heterocycles. The first-order chi connectivity index (χ1) is 11.8. The maximum Gasteiger partial charge on any atom is 0.182 e. The van der Waals surface area contributed by atoms with Gasteiger partial charge in [-0.15, -0.1) is 5.10 Å². The van der Waals surface area contributed by atoms with E-state index >= 15 is 0 Å². The lowest BCUT2D eigenvalue weighted by atomic mass is 9.98. The molecule has 4 heterocycles. The lowest BCUT2D eigenvalue weighted by Crippen LogP contribution is -2.37. The number of nitrogens with one attached hydrogen (secondary N) is 1. The molecule has 0 saturated carbocycles. The van der Waals surface area contributed by atoms with E-state index in [1.165, 1.54) is 0 Å². The molecule has 2 N–H and O–H groups in total. The molecule has 24 heavy (non-hydrogen) atoms. The van der Waals surface area contributed by atoms with Gasteiger partial charge in [0, 0.05) is 38.9 Å². The van der Waals surface area contributed by atoms with E-state index in [1.807, 2.05) is 10.9 Å². The Morgan fingerprint density at radius 3 is 3.17 bits per heavy atom. The van der Waals surface area contributed by atoms with Crippen LogP contribution in [-0.4, -0.2) is 59.7 Å². The first kappa shape index (κ1) is 15.0. The van der Waals surface area contributed by atoms with E-state index in [2.05, 4.69) is 35.1 Å². The molecule has 126 valence electrons. The van der Waals surface area contributed by atoms with Crippen LogP contribution in [0.5, 0.6) is 0 Å². The zero-order valence-corrected chi connectivity index (χ0v) is 13.3. The van der Waals surface area contributed by atoms with Gasteiger partial charge in [0.2, 0.25) is 0 Å². The second kappa shape index (κ2) is 6.52. The van der Waals surface area contributed by atoms with Crippen LogP contribution >= 0.6 is 0 Å². The number of aliphatic hydroxyl groups is 1. The van der Waals surface area contributed by atoms with E-state index < -0.39 is 0 Å². The van der Waals surface area contributed by atoms with E-state index in [9.17, 15) is 0 Å². The molecule has 3 aromatic heterocycles. The molecule has 1 fully saturated rings. The zero-order chi connectivity index (χ0) is 16.4. The van der Waals surface area contributed by atoms with Crippen molar-refractivity contribution >= 4 is 17.0 Å². The first-order valence-electron chi connectivity index (χ1n) is 8.22. The van der Waals surface area contributed by atoms with E-state index in [0.29, 0.717) is 18.0 Å². The van der Waals surface area contributed by atoms with Crippen molar-refractivity contribution in [3.8, 4) is 0 Å². The third-order valence-electron chi connectivity index (χ3n) is 4.42. The number of aromatic amines is 1. The average Bonchev–Trinajstić information content (AvgIpc) is 3.24. The van der Waals surface area contributed by atoms with E-state index in [-0.39, 0.29) is 6.61 Å². The van der Waals surface area contributed by atoms with Crippen LogP contribution < -0.4 is 4.90 Å². The van der Waals surface area contributed by atoms with E-state index in [0.717, 1.165) is 49.5 Å². The lowest BCUT2D eigenvalue weighted by molar-refractivity contribution is 0.298. The molecular weight excluding hydrogens is 308 g/mol. The number of imidazole rings is 1. The average molecular weight is 328 g/mol. The number of hydrogen-bond donors (Lipinski definition) is 2. The third kappa shape index (κ3) is 2.94. The molecule has 0 spiro atoms. The number of anilines is 1. The van der Waals surface area contributed by atoms with Crippen LogP contribution in [0.2, 0.25) is 0 Å². The van der Waals surface area contributed by atoms with Gasteiger partial charge >= 0.3 is 0 Å². The van der Waals surface area contributed by atoms with Crippen molar-refractivity contribution in [1.29, 1.82) is 0 Å². The van der Waals surface area contributed by atoms with Crippen molar-refractivity contribution in [3.05, 3.63) is 24.5 Å². The smallest absolute Gasteiger partial charge is 0.182 e. The summed E-state index contributed by atoms with van der Waals surface area (Å²) < 4.78 is 1.88. The molecule has 0 radical (unpaired) electrons. The summed E-state index contributed by atoms with van der Waals surface area (Å²) in [5.74, 6) is 1.40. The Balaban J connectivity index is 1.48. The summed E-state index contributed by atoms with van der Waals surface area (Å²) in [5, 5.41) is 17.2. The zero-order valence-electron chi connectivity index (χ0n) is 13.3. The molecule has 1 atom stereocenters. The van der Waals surface area contributed by atoms with Gasteiger partial charge in [-0.25, -0.2) is 15.0 Å². The number of hydrogen-bond acceptors (Lipinski definition) is 7. The van der Waals surface area contributed by atoms with Gasteiger partial charge in [0.15, 0.2) is 11.5 Å². The van der Waals surface area contributed by atoms with Crippen molar-refractivity contribution < 1.29 is 5.11 Å². The van der Waals surface area contributed by atoms with Crippen molar-refractivity contribution in [2.75, 3.05) is 24.6 Å². The van der Waals surface area contributed by atoms with Crippen LogP contribution in [-0.2, 0) is 13.0 Å². The van der Waals surface area contributed by atoms with Crippen LogP contribution in [0.3, 0.4) is 0 Å². The minimum absolute atomic E-state index is 0.101. The van der Waals surface area contributed by atoms with Crippen molar-refractivity contribution in [1.82, 2.24) is 34.9 Å². The highest BCUT2D eigenvalue weighted by molar-refractivity contribution is 5.82. The van der Waals surface area contributed by atoms with Gasteiger partial charge in [0.1, 0.15) is 11.8 Å². The monoisotopic (exact) mass is 328 g/mol. The summed E-state index contributed by atoms with van der Waals surface area (Å²) in [4.78, 5) is 18.3. The molecule has 0 unspecified atom stereocenters. The predicted molar refractivity (Wildman–Crippen MR) is 87.4 cm³/mol. The Hall–Kier alpha value is -2.55. The number of rotatable bonds is 5. The van der Waals surface area contributed by atoms with E-state index in [1.54, 1.807) is 12.7 Å². The van der Waals surface area contributed by atoms with Crippen LogP contribution in [0.15, 0.2) is 18.9 Å². The second-order valence-electron chi connectivity index (χ2n) is 6.16. The van der Waals surface area contributed by atoms with Crippen molar-refractivity contribution in [3.63, 3.8) is 0 Å². The van der Waals surface area contributed by atoms with Gasteiger partial charge in [0.25, 0.3) is 0 Å². The molecule has 0 aromatic carbocycles. The van der Waals surface area contributed by atoms with Crippen LogP contribution in [0.25, 0.3) is 11.2 Å². The molecule has 4 rings (SSSR count). The van der Waals surface area contributed by atoms with Gasteiger partial charge in [-0.05, 0) is 18.8 Å². The minimum atomic E-state index is 0.101. The lowest BCUT2D eigenvalue weighted by Gasteiger charge is -2.33. The third-order valence-corrected chi connectivity index (χ3v) is 4.42. The molecule has 0 bridgehead atoms. The summed E-state index contributed by atoms with van der Waals surface area (Å²) in [5.41, 5.74) is 2.43. The van der Waals surface area contributed by atoms with Gasteiger partial charge in [0.05, 0.1) is 12.0 Å². The van der Waals surface area contributed by atoms with Gasteiger partial charge < -0.3 is 15.0 Å². The Morgan fingerprint density at radius 1 is 1.29 bits per heavy atom. The Morgan fingerprint density at radius 2 is 2.25 bits per heavy atom. The minimum Gasteiger partial charge on any atom is -0.396 e. The largest absolute Gasteiger partial charge is 0.396 e. The Kier molecular flexibility index (Phi) is 4.08. The van der Waals surface area contributed by atoms with Gasteiger partial charge in [-0.1, -0.05) is 5.21 Å². The highest BCUT2D eigenvalue weighted by Gasteiger charge is 2.23. The SMILES string of the molecule is OCCc1cn(C[C@@H]2CCCN(c3ncnc4nc[nH]c34)C2)nn1. The second-order valence-corrected chi connectivity index (χ2v) is 6.16. The number of aromatic nitrogens is 7. The molecule has 3 aromatic rings. The van der Waals surface area contributed by atoms with Gasteiger partial charge in [-0.3, -0.25) is 4.68 Å². The van der Waals surface area contributed by atoms with E-state index in [4.69, 9.17) is 5.11 Å². The number of H-pyrrole nitrogens is 1. The molecule has 9 nitrogen and oxygen atoms in total. The number of aliphatic hydroxyl groups excluding tert-OH is 1. The Labute approximate surface area is 138 Å². The van der Waals surface area contributed by atoms with Crippen LogP contribution in [0, 0.1) is 5.92 Å². The normalized spacial score (nSPS) is 18.4. The highest BCUT2D eigenvalue weighted by Crippen LogP contribution is 2.26. The Bertz CT molecular complexity index is 813. The summed E-state index contributed by atoms with van der Waals surface area (Å²) in [7, 11) is 0. The predicted octanol–water partition coefficient (Wildman–Crippen LogP) is 0.396. The number of fused-ring (bicyclic) bond motifs is 1. The molecule has 0 aliphatic carbocycles. The molecule has 1 aliphatic rings. The molecular formula is C15H20N8O. The molecule has 9 heteroatoms. The first-order valence-corrected chi connectivity index (χ1v) is 8.22. The maximum atomic E-state index is 8.98. The number of piperidine rings is 1. The van der Waals surface area contributed by atoms with Crippen LogP contribution in [0.4, 0.5) is 5.82 Å². The quantitative estimate of drug-likeness (QED) is 0.697. The van der Waals surface area contributed by atoms with Crippen molar-refractivity contribution in [2.45, 2.75) is 25.8 Å². The molecule has 0 amide bonds. The fourth-order valence-corrected chi connectivity index (χ4v) is 3.32. The summed E-state index contributed by atoms with van der Waals surface area (Å²) in [6.45, 7) is 2.82. The fourth-order valence-electron chi connectivity index (χ4n) is 3.32. The number of nitrogens with zero attached hydrogens (tertiary/aromatic N) is 7. The summed E-state index contributed by atoms with van der Waals surface area (Å²) in [6, 6.07) is 0. The topological polar surface area (TPSA) is 109 Å². The summed E-state index contributed by atoms with van der Waals surface area (Å²) in [6.07, 6.45) is 7.97. The van der Waals surface area contributed by atoms with Crippen molar-refractivity contribution in [2.24, 2.45) is 5.92 Å². The standard InChI is InChI=1S/C15H20N8O/c24-5-3-12-8-23(21-20-12)7-11-2-1-4-22(6-11)15-13-14(17-9-16-13)18-10-19-15/h8-11,24H,1-7H2,(H,16,17,18,19)/t11-/m1/s1. The summed E-state index contributed by atoms with van der Waals surface area (Å²) >= 11 is 0.